The average Bonchev–Trinajstić information content (AvgIpc) is 2.92. The zero-order valence-electron chi connectivity index (χ0n) is 18.1. The van der Waals surface area contributed by atoms with Gasteiger partial charge in [0.1, 0.15) is 5.82 Å². The highest BCUT2D eigenvalue weighted by molar-refractivity contribution is 6.00. The molecule has 1 aromatic heterocycles. The highest BCUT2D eigenvalue weighted by atomic mass is 19.3. The van der Waals surface area contributed by atoms with Crippen LogP contribution in [0.15, 0.2) is 30.5 Å². The van der Waals surface area contributed by atoms with Gasteiger partial charge in [-0.3, -0.25) is 4.79 Å². The fourth-order valence-corrected chi connectivity index (χ4v) is 3.08. The number of anilines is 1. The van der Waals surface area contributed by atoms with Crippen molar-refractivity contribution >= 4 is 11.7 Å². The Hall–Kier alpha value is -2.44. The number of amides is 1. The Bertz CT molecular complexity index is 739. The summed E-state index contributed by atoms with van der Waals surface area (Å²) < 4.78 is 32.9. The molecular formula is C22H35F2N3O2. The van der Waals surface area contributed by atoms with Gasteiger partial charge in [0.05, 0.1) is 12.7 Å². The molecule has 0 spiro atoms. The number of nitrogens with one attached hydrogen (secondary N) is 1. The fourth-order valence-electron chi connectivity index (χ4n) is 3.08. The number of ether oxygens (including phenoxy) is 1. The van der Waals surface area contributed by atoms with Crippen LogP contribution in [0.3, 0.4) is 0 Å². The Morgan fingerprint density at radius 1 is 1.41 bits per heavy atom. The summed E-state index contributed by atoms with van der Waals surface area (Å²) in [5.74, 6) is -2.25. The summed E-state index contributed by atoms with van der Waals surface area (Å²) in [5, 5.41) is 2.78. The molecule has 29 heavy (non-hydrogen) atoms. The van der Waals surface area contributed by atoms with Crippen molar-refractivity contribution in [2.24, 2.45) is 0 Å². The van der Waals surface area contributed by atoms with Gasteiger partial charge in [-0.05, 0) is 31.9 Å². The van der Waals surface area contributed by atoms with Crippen molar-refractivity contribution in [3.05, 3.63) is 41.6 Å². The summed E-state index contributed by atoms with van der Waals surface area (Å²) in [5.41, 5.74) is 1.70. The van der Waals surface area contributed by atoms with Gasteiger partial charge in [-0.25, -0.2) is 8.78 Å². The van der Waals surface area contributed by atoms with Gasteiger partial charge in [-0.2, -0.15) is 4.98 Å². The number of pyridine rings is 1. The van der Waals surface area contributed by atoms with Crippen molar-refractivity contribution < 1.29 is 19.7 Å². The van der Waals surface area contributed by atoms with E-state index in [2.05, 4.69) is 16.9 Å². The van der Waals surface area contributed by atoms with Gasteiger partial charge in [0.2, 0.25) is 11.8 Å². The molecule has 0 atom stereocenters. The molecule has 1 saturated heterocycles. The van der Waals surface area contributed by atoms with E-state index in [9.17, 15) is 13.6 Å². The predicted octanol–water partition coefficient (Wildman–Crippen LogP) is 5.37. The van der Waals surface area contributed by atoms with Crippen molar-refractivity contribution in [3.8, 4) is 5.88 Å². The van der Waals surface area contributed by atoms with Gasteiger partial charge < -0.3 is 15.0 Å². The zero-order valence-corrected chi connectivity index (χ0v) is 18.1. The Morgan fingerprint density at radius 3 is 2.66 bits per heavy atom. The van der Waals surface area contributed by atoms with Crippen molar-refractivity contribution in [1.29, 1.82) is 0 Å². The van der Waals surface area contributed by atoms with Crippen LogP contribution in [-0.4, -0.2) is 37.0 Å². The molecule has 2 heterocycles. The normalized spacial score (nSPS) is 16.2. The number of methoxy groups -OCH3 is 1. The number of hydrogen-bond acceptors (Lipinski definition) is 4. The molecular weight excluding hydrogens is 376 g/mol. The summed E-state index contributed by atoms with van der Waals surface area (Å²) in [4.78, 5) is 19.1. The van der Waals surface area contributed by atoms with Gasteiger partial charge in [-0.15, -0.1) is 0 Å². The summed E-state index contributed by atoms with van der Waals surface area (Å²) in [6, 6.07) is 1.73. The third kappa shape index (κ3) is 6.54. The molecule has 1 amide bonds. The number of rotatable bonds is 6. The third-order valence-corrected chi connectivity index (χ3v) is 4.67. The molecule has 0 aromatic carbocycles. The Morgan fingerprint density at radius 2 is 2.10 bits per heavy atom. The topological polar surface area (TPSA) is 54.5 Å². The Labute approximate surface area is 174 Å². The van der Waals surface area contributed by atoms with E-state index in [4.69, 9.17) is 4.74 Å². The second kappa shape index (κ2) is 11.5. The Balaban J connectivity index is 0.00000272. The first-order valence-corrected chi connectivity index (χ1v) is 10.2. The number of allylic oxidation sites excluding steroid dienone is 2. The first kappa shape index (κ1) is 24.6. The second-order valence-corrected chi connectivity index (χ2v) is 6.48. The van der Waals surface area contributed by atoms with E-state index in [1.807, 2.05) is 20.8 Å². The van der Waals surface area contributed by atoms with Crippen LogP contribution in [0.25, 0.3) is 0 Å². The second-order valence-electron chi connectivity index (χ2n) is 6.48. The standard InChI is InChI=1S/C20H27F2N3O2.C2H6.H2/c1-5-14-13-16(18(26)23-15(6-2)7-3)17(24-19(14)27-4)25-11-8-9-20(21,22)10-12-25;1-2;/h6-7,13H,2,5,8-12H2,1,3-4H3,(H,23,26);1-2H3;1H/b15-7+;;. The Kier molecular flexibility index (Phi) is 9.78. The molecule has 1 aliphatic rings. The lowest BCUT2D eigenvalue weighted by Gasteiger charge is -2.25. The molecule has 1 aliphatic heterocycles. The lowest BCUT2D eigenvalue weighted by Crippen LogP contribution is -2.31. The monoisotopic (exact) mass is 411 g/mol. The molecule has 0 saturated carbocycles. The summed E-state index contributed by atoms with van der Waals surface area (Å²) in [7, 11) is 1.51. The van der Waals surface area contributed by atoms with Crippen LogP contribution in [0, 0.1) is 0 Å². The van der Waals surface area contributed by atoms with Crippen LogP contribution in [0.2, 0.25) is 0 Å². The maximum absolute atomic E-state index is 13.8. The van der Waals surface area contributed by atoms with E-state index in [0.717, 1.165) is 5.56 Å². The van der Waals surface area contributed by atoms with Crippen LogP contribution in [-0.2, 0) is 6.42 Å². The molecule has 0 aliphatic carbocycles. The van der Waals surface area contributed by atoms with Gasteiger partial charge in [-0.1, -0.05) is 33.4 Å². The highest BCUT2D eigenvalue weighted by Crippen LogP contribution is 2.32. The van der Waals surface area contributed by atoms with Crippen LogP contribution in [0.5, 0.6) is 5.88 Å². The van der Waals surface area contributed by atoms with E-state index in [1.165, 1.54) is 7.11 Å². The number of halogens is 2. The lowest BCUT2D eigenvalue weighted by molar-refractivity contribution is -0.0102. The number of hydrogen-bond donors (Lipinski definition) is 1. The molecule has 164 valence electrons. The van der Waals surface area contributed by atoms with Crippen molar-refractivity contribution in [3.63, 3.8) is 0 Å². The van der Waals surface area contributed by atoms with E-state index in [-0.39, 0.29) is 26.7 Å². The quantitative estimate of drug-likeness (QED) is 0.640. The number of aryl methyl sites for hydroxylation is 1. The molecule has 1 aromatic rings. The van der Waals surface area contributed by atoms with Gasteiger partial charge in [0.25, 0.3) is 5.91 Å². The molecule has 1 N–H and O–H groups in total. The number of aromatic nitrogens is 1. The molecule has 0 unspecified atom stereocenters. The van der Waals surface area contributed by atoms with E-state index in [1.54, 1.807) is 30.0 Å². The lowest BCUT2D eigenvalue weighted by atomic mass is 10.1. The van der Waals surface area contributed by atoms with E-state index >= 15 is 0 Å². The molecule has 2 rings (SSSR count). The zero-order chi connectivity index (χ0) is 22.0. The maximum atomic E-state index is 13.8. The number of carbonyl (C=O) groups excluding carboxylic acids is 1. The van der Waals surface area contributed by atoms with Crippen LogP contribution < -0.4 is 15.0 Å². The number of nitrogens with zero attached hydrogens (tertiary/aromatic N) is 2. The maximum Gasteiger partial charge on any atom is 0.259 e. The largest absolute Gasteiger partial charge is 0.481 e. The minimum Gasteiger partial charge on any atom is -0.481 e. The predicted molar refractivity (Wildman–Crippen MR) is 116 cm³/mol. The van der Waals surface area contributed by atoms with Crippen LogP contribution in [0.4, 0.5) is 14.6 Å². The number of carbonyl (C=O) groups is 1. The molecule has 1 fully saturated rings. The van der Waals surface area contributed by atoms with Crippen molar-refractivity contribution in [1.82, 2.24) is 10.3 Å². The third-order valence-electron chi connectivity index (χ3n) is 4.67. The van der Waals surface area contributed by atoms with Crippen molar-refractivity contribution in [2.75, 3.05) is 25.1 Å². The summed E-state index contributed by atoms with van der Waals surface area (Å²) in [6.07, 6.45) is 3.82. The fraction of sp³-hybridized carbons (Fsp3) is 0.545. The highest BCUT2D eigenvalue weighted by Gasteiger charge is 2.33. The molecule has 5 nitrogen and oxygen atoms in total. The van der Waals surface area contributed by atoms with E-state index < -0.39 is 5.92 Å². The average molecular weight is 412 g/mol. The minimum absolute atomic E-state index is 0. The summed E-state index contributed by atoms with van der Waals surface area (Å²) in [6.45, 7) is 11.9. The smallest absolute Gasteiger partial charge is 0.259 e. The first-order valence-electron chi connectivity index (χ1n) is 10.2. The number of alkyl halides is 2. The molecule has 0 radical (unpaired) electrons. The van der Waals surface area contributed by atoms with Gasteiger partial charge in [0.15, 0.2) is 0 Å². The SMILES string of the molecule is C=C/C(=C\C)NC(=O)c1cc(CC)c(OC)nc1N1CCCC(F)(F)CC1.CC.[HH]. The first-order chi connectivity index (χ1) is 13.8. The van der Waals surface area contributed by atoms with E-state index in [0.29, 0.717) is 42.3 Å². The van der Waals surface area contributed by atoms with Crippen molar-refractivity contribution in [2.45, 2.75) is 59.3 Å². The minimum atomic E-state index is -2.69. The molecule has 7 heteroatoms. The molecule has 0 bridgehead atoms. The van der Waals surface area contributed by atoms with Crippen LogP contribution in [0.1, 0.15) is 64.3 Å². The van der Waals surface area contributed by atoms with Gasteiger partial charge in [0, 0.05) is 38.6 Å². The van der Waals surface area contributed by atoms with Gasteiger partial charge >= 0.3 is 0 Å². The van der Waals surface area contributed by atoms with Crippen LogP contribution >= 0.6 is 0 Å². The summed E-state index contributed by atoms with van der Waals surface area (Å²) >= 11 is 0.